The molecule has 0 aliphatic rings. The Bertz CT molecular complexity index is 1320. The number of esters is 1. The first-order valence-corrected chi connectivity index (χ1v) is 13.3. The molecular formula is C29H33N3O6S. The van der Waals surface area contributed by atoms with Gasteiger partial charge in [-0.05, 0) is 67.6 Å². The number of amides is 3. The van der Waals surface area contributed by atoms with Gasteiger partial charge in [0.05, 0.1) is 31.2 Å². The van der Waals surface area contributed by atoms with Crippen LogP contribution in [0, 0.1) is 0 Å². The standard InChI is InChI=1S/C29H33N3O6S/c1-6-29(2,3)31-27(35)25(19-10-8-13-22(17-19)37-4)32(21-12-7-11-20(16-21)28(36)38-5)24(33)18-30-26(34)23-14-9-15-39-23/h7-17,25H,6,18H2,1-5H3,(H,30,34)(H,31,35). The van der Waals surface area contributed by atoms with Gasteiger partial charge in [-0.25, -0.2) is 4.79 Å². The molecule has 1 atom stereocenters. The molecule has 10 heteroatoms. The van der Waals surface area contributed by atoms with Crippen molar-refractivity contribution in [2.45, 2.75) is 38.8 Å². The highest BCUT2D eigenvalue weighted by Gasteiger charge is 2.35. The van der Waals surface area contributed by atoms with E-state index in [-0.39, 0.29) is 17.8 Å². The Morgan fingerprint density at radius 3 is 2.38 bits per heavy atom. The minimum atomic E-state index is -1.15. The minimum absolute atomic E-state index is 0.203. The summed E-state index contributed by atoms with van der Waals surface area (Å²) in [5.41, 5.74) is 0.407. The molecule has 9 nitrogen and oxygen atoms in total. The molecule has 0 saturated heterocycles. The van der Waals surface area contributed by atoms with Crippen molar-refractivity contribution in [3.63, 3.8) is 0 Å². The number of anilines is 1. The summed E-state index contributed by atoms with van der Waals surface area (Å²) in [6, 6.07) is 15.4. The number of benzene rings is 2. The Labute approximate surface area is 232 Å². The number of hydrogen-bond acceptors (Lipinski definition) is 7. The first-order chi connectivity index (χ1) is 18.6. The lowest BCUT2D eigenvalue weighted by molar-refractivity contribution is -0.127. The molecule has 0 radical (unpaired) electrons. The van der Waals surface area contributed by atoms with Gasteiger partial charge in [-0.3, -0.25) is 19.3 Å². The van der Waals surface area contributed by atoms with E-state index in [1.54, 1.807) is 60.0 Å². The second kappa shape index (κ2) is 13.1. The Morgan fingerprint density at radius 1 is 1.00 bits per heavy atom. The van der Waals surface area contributed by atoms with Gasteiger partial charge in [-0.15, -0.1) is 11.3 Å². The van der Waals surface area contributed by atoms with E-state index in [4.69, 9.17) is 9.47 Å². The summed E-state index contributed by atoms with van der Waals surface area (Å²) in [5, 5.41) is 7.44. The summed E-state index contributed by atoms with van der Waals surface area (Å²) < 4.78 is 10.2. The summed E-state index contributed by atoms with van der Waals surface area (Å²) in [6.45, 7) is 5.34. The second-order valence-electron chi connectivity index (χ2n) is 9.37. The highest BCUT2D eigenvalue weighted by Crippen LogP contribution is 2.31. The molecule has 0 aliphatic heterocycles. The van der Waals surface area contributed by atoms with Crippen molar-refractivity contribution in [2.75, 3.05) is 25.7 Å². The topological polar surface area (TPSA) is 114 Å². The zero-order valence-electron chi connectivity index (χ0n) is 22.6. The summed E-state index contributed by atoms with van der Waals surface area (Å²) in [5.74, 6) is -1.49. The number of methoxy groups -OCH3 is 2. The van der Waals surface area contributed by atoms with Crippen molar-refractivity contribution in [3.8, 4) is 5.75 Å². The van der Waals surface area contributed by atoms with Crippen molar-refractivity contribution in [2.24, 2.45) is 0 Å². The number of thiophene rings is 1. The second-order valence-corrected chi connectivity index (χ2v) is 10.3. The summed E-state index contributed by atoms with van der Waals surface area (Å²) in [4.78, 5) is 54.4. The van der Waals surface area contributed by atoms with Gasteiger partial charge >= 0.3 is 5.97 Å². The molecule has 0 aliphatic carbocycles. The normalized spacial score (nSPS) is 11.7. The van der Waals surface area contributed by atoms with E-state index in [1.807, 2.05) is 20.8 Å². The summed E-state index contributed by atoms with van der Waals surface area (Å²) in [6.07, 6.45) is 0.645. The third-order valence-corrected chi connectivity index (χ3v) is 7.09. The molecule has 2 N–H and O–H groups in total. The SMILES string of the molecule is CCC(C)(C)NC(=O)C(c1cccc(OC)c1)N(C(=O)CNC(=O)c1cccs1)c1cccc(C(=O)OC)c1. The average molecular weight is 552 g/mol. The van der Waals surface area contributed by atoms with Crippen LogP contribution in [0.4, 0.5) is 5.69 Å². The highest BCUT2D eigenvalue weighted by molar-refractivity contribution is 7.12. The molecule has 1 unspecified atom stereocenters. The van der Waals surface area contributed by atoms with Gasteiger partial charge in [0.2, 0.25) is 11.8 Å². The van der Waals surface area contributed by atoms with Crippen LogP contribution in [0.15, 0.2) is 66.0 Å². The number of nitrogens with zero attached hydrogens (tertiary/aromatic N) is 1. The van der Waals surface area contributed by atoms with Crippen LogP contribution in [-0.4, -0.2) is 50.0 Å². The lowest BCUT2D eigenvalue weighted by Crippen LogP contribution is -2.52. The van der Waals surface area contributed by atoms with Crippen LogP contribution in [0.3, 0.4) is 0 Å². The number of rotatable bonds is 11. The molecular weight excluding hydrogens is 518 g/mol. The van der Waals surface area contributed by atoms with E-state index in [9.17, 15) is 19.2 Å². The lowest BCUT2D eigenvalue weighted by atomic mass is 9.98. The van der Waals surface area contributed by atoms with Crippen LogP contribution in [0.2, 0.25) is 0 Å². The van der Waals surface area contributed by atoms with Crippen molar-refractivity contribution < 1.29 is 28.7 Å². The number of nitrogens with one attached hydrogen (secondary N) is 2. The highest BCUT2D eigenvalue weighted by atomic mass is 32.1. The molecule has 0 bridgehead atoms. The zero-order valence-corrected chi connectivity index (χ0v) is 23.5. The lowest BCUT2D eigenvalue weighted by Gasteiger charge is -2.35. The predicted molar refractivity (Wildman–Crippen MR) is 150 cm³/mol. The fourth-order valence-electron chi connectivity index (χ4n) is 3.79. The Kier molecular flexibility index (Phi) is 9.84. The van der Waals surface area contributed by atoms with E-state index in [0.717, 1.165) is 0 Å². The van der Waals surface area contributed by atoms with Gasteiger partial charge < -0.3 is 20.1 Å². The molecule has 2 aromatic carbocycles. The van der Waals surface area contributed by atoms with Crippen molar-refractivity contribution in [3.05, 3.63) is 82.0 Å². The molecule has 1 aromatic heterocycles. The fraction of sp³-hybridized carbons (Fsp3) is 0.310. The number of hydrogen-bond donors (Lipinski definition) is 2. The van der Waals surface area contributed by atoms with Crippen LogP contribution >= 0.6 is 11.3 Å². The van der Waals surface area contributed by atoms with Gasteiger partial charge in [0.25, 0.3) is 5.91 Å². The maximum absolute atomic E-state index is 13.9. The van der Waals surface area contributed by atoms with Gasteiger partial charge in [0, 0.05) is 11.2 Å². The maximum atomic E-state index is 13.9. The minimum Gasteiger partial charge on any atom is -0.497 e. The Morgan fingerprint density at radius 2 is 1.74 bits per heavy atom. The number of carbonyl (C=O) groups is 4. The maximum Gasteiger partial charge on any atom is 0.337 e. The average Bonchev–Trinajstić information content (AvgIpc) is 3.49. The molecule has 1 heterocycles. The summed E-state index contributed by atoms with van der Waals surface area (Å²) >= 11 is 1.25. The van der Waals surface area contributed by atoms with Gasteiger partial charge in [-0.2, -0.15) is 0 Å². The molecule has 3 rings (SSSR count). The number of ether oxygens (including phenoxy) is 2. The van der Waals surface area contributed by atoms with E-state index < -0.39 is 35.3 Å². The van der Waals surface area contributed by atoms with E-state index >= 15 is 0 Å². The quantitative estimate of drug-likeness (QED) is 0.343. The van der Waals surface area contributed by atoms with Gasteiger partial charge in [0.1, 0.15) is 11.8 Å². The van der Waals surface area contributed by atoms with Crippen LogP contribution in [0.5, 0.6) is 5.75 Å². The van der Waals surface area contributed by atoms with E-state index in [2.05, 4.69) is 10.6 Å². The molecule has 0 spiro atoms. The first kappa shape index (κ1) is 29.4. The predicted octanol–water partition coefficient (Wildman–Crippen LogP) is 4.35. The van der Waals surface area contributed by atoms with Crippen LogP contribution in [0.25, 0.3) is 0 Å². The molecule has 39 heavy (non-hydrogen) atoms. The third kappa shape index (κ3) is 7.44. The Hall–Kier alpha value is -4.18. The first-order valence-electron chi connectivity index (χ1n) is 12.4. The van der Waals surface area contributed by atoms with Crippen LogP contribution < -0.4 is 20.3 Å². The monoisotopic (exact) mass is 551 g/mol. The van der Waals surface area contributed by atoms with Crippen LogP contribution in [0.1, 0.15) is 58.8 Å². The molecule has 0 fully saturated rings. The van der Waals surface area contributed by atoms with Crippen molar-refractivity contribution >= 4 is 40.7 Å². The molecule has 3 aromatic rings. The molecule has 206 valence electrons. The number of carbonyl (C=O) groups excluding carboxylic acids is 4. The molecule has 0 saturated carbocycles. The van der Waals surface area contributed by atoms with E-state index in [1.165, 1.54) is 36.5 Å². The van der Waals surface area contributed by atoms with Crippen molar-refractivity contribution in [1.82, 2.24) is 10.6 Å². The van der Waals surface area contributed by atoms with Gasteiger partial charge in [0.15, 0.2) is 0 Å². The zero-order chi connectivity index (χ0) is 28.6. The fourth-order valence-corrected chi connectivity index (χ4v) is 4.43. The smallest absolute Gasteiger partial charge is 0.337 e. The Balaban J connectivity index is 2.12. The molecule has 3 amide bonds. The summed E-state index contributed by atoms with van der Waals surface area (Å²) in [7, 11) is 2.77. The van der Waals surface area contributed by atoms with E-state index in [0.29, 0.717) is 22.6 Å². The largest absolute Gasteiger partial charge is 0.497 e. The van der Waals surface area contributed by atoms with Crippen LogP contribution in [-0.2, 0) is 14.3 Å². The van der Waals surface area contributed by atoms with Gasteiger partial charge in [-0.1, -0.05) is 31.2 Å². The third-order valence-electron chi connectivity index (χ3n) is 6.22. The van der Waals surface area contributed by atoms with Crippen molar-refractivity contribution in [1.29, 1.82) is 0 Å².